The molecule has 0 saturated heterocycles. The summed E-state index contributed by atoms with van der Waals surface area (Å²) in [6.45, 7) is 3.19. The summed E-state index contributed by atoms with van der Waals surface area (Å²) in [5.74, 6) is -1.46. The van der Waals surface area contributed by atoms with Crippen LogP contribution in [0.3, 0.4) is 0 Å². The fraction of sp³-hybridized carbons (Fsp3) is 0.263. The maximum absolute atomic E-state index is 13.0. The van der Waals surface area contributed by atoms with Crippen molar-refractivity contribution in [3.63, 3.8) is 0 Å². The molecule has 160 valence electrons. The molecule has 0 heterocycles. The zero-order valence-electron chi connectivity index (χ0n) is 16.7. The monoisotopic (exact) mass is 434 g/mol. The molecule has 30 heavy (non-hydrogen) atoms. The summed E-state index contributed by atoms with van der Waals surface area (Å²) in [6, 6.07) is 8.61. The molecule has 0 aliphatic carbocycles. The number of hydrogen-bond acceptors (Lipinski definition) is 6. The van der Waals surface area contributed by atoms with E-state index in [9.17, 15) is 28.1 Å². The summed E-state index contributed by atoms with van der Waals surface area (Å²) in [5, 5.41) is 13.7. The van der Waals surface area contributed by atoms with Crippen LogP contribution in [0, 0.1) is 17.0 Å². The Labute approximate surface area is 173 Å². The number of nitro groups is 1. The van der Waals surface area contributed by atoms with Crippen LogP contribution in [0.2, 0.25) is 0 Å². The van der Waals surface area contributed by atoms with E-state index in [0.29, 0.717) is 5.56 Å². The number of rotatable bonds is 8. The lowest BCUT2D eigenvalue weighted by atomic mass is 10.1. The molecule has 2 aromatic rings. The third-order valence-corrected chi connectivity index (χ3v) is 5.59. The van der Waals surface area contributed by atoms with E-state index >= 15 is 0 Å². The van der Waals surface area contributed by atoms with Crippen molar-refractivity contribution in [2.24, 2.45) is 5.73 Å². The first kappa shape index (κ1) is 22.8. The predicted molar refractivity (Wildman–Crippen MR) is 113 cm³/mol. The fourth-order valence-electron chi connectivity index (χ4n) is 3.01. The molecular formula is C19H22N4O6S. The van der Waals surface area contributed by atoms with E-state index in [-0.39, 0.29) is 29.0 Å². The smallest absolute Gasteiger partial charge is 0.271 e. The van der Waals surface area contributed by atoms with Gasteiger partial charge in [-0.25, -0.2) is 8.42 Å². The van der Waals surface area contributed by atoms with Gasteiger partial charge in [0.15, 0.2) is 0 Å². The van der Waals surface area contributed by atoms with Gasteiger partial charge in [-0.05, 0) is 31.0 Å². The number of nitrogens with one attached hydrogen (secondary N) is 1. The number of carbonyl (C=O) groups is 2. The number of hydrogen-bond donors (Lipinski definition) is 2. The highest BCUT2D eigenvalue weighted by molar-refractivity contribution is 7.92. The van der Waals surface area contributed by atoms with Gasteiger partial charge in [0, 0.05) is 12.1 Å². The Morgan fingerprint density at radius 1 is 1.23 bits per heavy atom. The number of para-hydroxylation sites is 1. The molecular weight excluding hydrogens is 412 g/mol. The highest BCUT2D eigenvalue weighted by atomic mass is 32.2. The van der Waals surface area contributed by atoms with Crippen LogP contribution in [-0.2, 0) is 14.8 Å². The van der Waals surface area contributed by atoms with Crippen molar-refractivity contribution in [3.8, 4) is 0 Å². The molecule has 0 aliphatic heterocycles. The highest BCUT2D eigenvalue weighted by Crippen LogP contribution is 2.30. The Kier molecular flexibility index (Phi) is 6.77. The minimum Gasteiger partial charge on any atom is -0.366 e. The standard InChI is InChI=1S/C19H22N4O6S/c1-4-16(19(25)21-15-8-6-5-7-14(15)18(20)24)22(30(3,28)29)17-11-13(23(26)27)10-9-12(17)2/h5-11,16H,4H2,1-3H3,(H2,20,24)(H,21,25). The first-order chi connectivity index (χ1) is 14.0. The van der Waals surface area contributed by atoms with Gasteiger partial charge >= 0.3 is 0 Å². The van der Waals surface area contributed by atoms with Gasteiger partial charge in [0.1, 0.15) is 6.04 Å². The number of non-ortho nitro benzene ring substituents is 1. The van der Waals surface area contributed by atoms with Crippen LogP contribution in [0.1, 0.15) is 29.3 Å². The summed E-state index contributed by atoms with van der Waals surface area (Å²) in [6.07, 6.45) is 0.984. The van der Waals surface area contributed by atoms with Gasteiger partial charge in [0.05, 0.1) is 28.1 Å². The Morgan fingerprint density at radius 3 is 2.40 bits per heavy atom. The van der Waals surface area contributed by atoms with Crippen LogP contribution < -0.4 is 15.4 Å². The van der Waals surface area contributed by atoms with E-state index < -0.39 is 32.8 Å². The molecule has 0 bridgehead atoms. The molecule has 2 aromatic carbocycles. The summed E-state index contributed by atoms with van der Waals surface area (Å²) in [7, 11) is -4.00. The van der Waals surface area contributed by atoms with Crippen molar-refractivity contribution < 1.29 is 22.9 Å². The van der Waals surface area contributed by atoms with Crippen molar-refractivity contribution in [2.45, 2.75) is 26.3 Å². The van der Waals surface area contributed by atoms with E-state index in [4.69, 9.17) is 5.73 Å². The lowest BCUT2D eigenvalue weighted by molar-refractivity contribution is -0.384. The van der Waals surface area contributed by atoms with Gasteiger partial charge in [-0.15, -0.1) is 0 Å². The van der Waals surface area contributed by atoms with Gasteiger partial charge in [-0.1, -0.05) is 25.1 Å². The summed E-state index contributed by atoms with van der Waals surface area (Å²) in [5.41, 5.74) is 5.69. The maximum Gasteiger partial charge on any atom is 0.271 e. The SMILES string of the molecule is CCC(C(=O)Nc1ccccc1C(N)=O)N(c1cc([N+](=O)[O-])ccc1C)S(C)(=O)=O. The number of nitrogens with zero attached hydrogens (tertiary/aromatic N) is 2. The summed E-state index contributed by atoms with van der Waals surface area (Å²) in [4.78, 5) is 35.1. The number of primary amides is 1. The normalized spacial score (nSPS) is 12.1. The van der Waals surface area contributed by atoms with Gasteiger partial charge in [-0.2, -0.15) is 0 Å². The number of amides is 2. The van der Waals surface area contributed by atoms with Gasteiger partial charge < -0.3 is 11.1 Å². The van der Waals surface area contributed by atoms with Crippen molar-refractivity contribution >= 4 is 38.9 Å². The Hall–Kier alpha value is -3.47. The first-order valence-electron chi connectivity index (χ1n) is 8.91. The molecule has 10 nitrogen and oxygen atoms in total. The van der Waals surface area contributed by atoms with Crippen LogP contribution >= 0.6 is 0 Å². The third-order valence-electron chi connectivity index (χ3n) is 4.42. The van der Waals surface area contributed by atoms with E-state index in [0.717, 1.165) is 16.6 Å². The summed E-state index contributed by atoms with van der Waals surface area (Å²) < 4.78 is 26.1. The Balaban J connectivity index is 2.54. The molecule has 3 N–H and O–H groups in total. The molecule has 0 radical (unpaired) electrons. The maximum atomic E-state index is 13.0. The molecule has 0 aliphatic rings. The molecule has 1 unspecified atom stereocenters. The van der Waals surface area contributed by atoms with Crippen LogP contribution in [-0.4, -0.2) is 37.5 Å². The van der Waals surface area contributed by atoms with E-state index in [1.807, 2.05) is 0 Å². The number of sulfonamides is 1. The molecule has 2 rings (SSSR count). The fourth-order valence-corrected chi connectivity index (χ4v) is 4.27. The second-order valence-corrected chi connectivity index (χ2v) is 8.47. The number of benzene rings is 2. The van der Waals surface area contributed by atoms with Crippen LogP contribution in [0.4, 0.5) is 17.1 Å². The second kappa shape index (κ2) is 8.91. The second-order valence-electron chi connectivity index (χ2n) is 6.61. The Bertz CT molecular complexity index is 1100. The van der Waals surface area contributed by atoms with Gasteiger partial charge in [-0.3, -0.25) is 24.0 Å². The number of anilines is 2. The van der Waals surface area contributed by atoms with E-state index in [1.54, 1.807) is 26.0 Å². The van der Waals surface area contributed by atoms with Crippen molar-refractivity contribution in [1.29, 1.82) is 0 Å². The molecule has 11 heteroatoms. The predicted octanol–water partition coefficient (Wildman–Crippen LogP) is 2.19. The minimum atomic E-state index is -4.00. The average Bonchev–Trinajstić information content (AvgIpc) is 2.65. The van der Waals surface area contributed by atoms with Crippen molar-refractivity contribution in [2.75, 3.05) is 15.9 Å². The van der Waals surface area contributed by atoms with Crippen molar-refractivity contribution in [3.05, 3.63) is 63.7 Å². The zero-order valence-corrected chi connectivity index (χ0v) is 17.5. The molecule has 0 saturated carbocycles. The van der Waals surface area contributed by atoms with E-state index in [2.05, 4.69) is 5.32 Å². The van der Waals surface area contributed by atoms with Crippen molar-refractivity contribution in [1.82, 2.24) is 0 Å². The van der Waals surface area contributed by atoms with E-state index in [1.165, 1.54) is 24.3 Å². The third kappa shape index (κ3) is 4.92. The zero-order chi connectivity index (χ0) is 22.6. The number of nitrogens with two attached hydrogens (primary N) is 1. The number of nitro benzene ring substituents is 1. The number of carbonyl (C=O) groups excluding carboxylic acids is 2. The summed E-state index contributed by atoms with van der Waals surface area (Å²) >= 11 is 0. The van der Waals surface area contributed by atoms with Gasteiger partial charge in [0.25, 0.3) is 11.6 Å². The lowest BCUT2D eigenvalue weighted by Gasteiger charge is -2.31. The van der Waals surface area contributed by atoms with Gasteiger partial charge in [0.2, 0.25) is 15.9 Å². The lowest BCUT2D eigenvalue weighted by Crippen LogP contribution is -2.47. The molecule has 0 fully saturated rings. The molecule has 0 aromatic heterocycles. The molecule has 2 amide bonds. The molecule has 1 atom stereocenters. The average molecular weight is 434 g/mol. The van der Waals surface area contributed by atoms with Crippen LogP contribution in [0.25, 0.3) is 0 Å². The minimum absolute atomic E-state index is 0.0249. The Morgan fingerprint density at radius 2 is 1.87 bits per heavy atom. The van der Waals surface area contributed by atoms with Crippen LogP contribution in [0.5, 0.6) is 0 Å². The largest absolute Gasteiger partial charge is 0.366 e. The highest BCUT2D eigenvalue weighted by Gasteiger charge is 2.33. The number of aryl methyl sites for hydroxylation is 1. The first-order valence-corrected chi connectivity index (χ1v) is 10.8. The topological polar surface area (TPSA) is 153 Å². The quantitative estimate of drug-likeness (QED) is 0.480. The van der Waals surface area contributed by atoms with Crippen LogP contribution in [0.15, 0.2) is 42.5 Å². The molecule has 0 spiro atoms.